The van der Waals surface area contributed by atoms with Gasteiger partial charge in [-0.25, -0.2) is 0 Å². The summed E-state index contributed by atoms with van der Waals surface area (Å²) in [6, 6.07) is 19.4. The van der Waals surface area contributed by atoms with Crippen molar-refractivity contribution in [2.45, 2.75) is 26.2 Å². The molecular formula is C22H19FO. The Balaban J connectivity index is 1.78. The van der Waals surface area contributed by atoms with E-state index in [-0.39, 0.29) is 5.75 Å². The summed E-state index contributed by atoms with van der Waals surface area (Å²) in [4.78, 5) is 3.76. The molecule has 3 aromatic carbocycles. The van der Waals surface area contributed by atoms with E-state index in [1.165, 1.54) is 18.4 Å². The summed E-state index contributed by atoms with van der Waals surface area (Å²) in [5.41, 5.74) is 3.31. The Morgan fingerprint density at radius 3 is 2.25 bits per heavy atom. The van der Waals surface area contributed by atoms with Crippen LogP contribution in [0.15, 0.2) is 60.7 Å². The van der Waals surface area contributed by atoms with Crippen LogP contribution in [0.25, 0.3) is 10.8 Å². The van der Waals surface area contributed by atoms with Crippen molar-refractivity contribution in [1.82, 2.24) is 0 Å². The van der Waals surface area contributed by atoms with Gasteiger partial charge >= 0.3 is 0 Å². The van der Waals surface area contributed by atoms with Crippen LogP contribution in [0.4, 0.5) is 4.53 Å². The predicted octanol–water partition coefficient (Wildman–Crippen LogP) is 5.85. The standard InChI is InChI=1S/C22H19FO/c1-2-3-4-17-5-7-18(8-6-17)9-10-19-11-12-21-16-22(24-23)14-13-20(21)15-19/h5-8,11-16H,2-4H2,1H3. The highest BCUT2D eigenvalue weighted by Crippen LogP contribution is 2.22. The zero-order valence-electron chi connectivity index (χ0n) is 13.7. The van der Waals surface area contributed by atoms with Gasteiger partial charge < -0.3 is 0 Å². The minimum Gasteiger partial charge on any atom is -0.294 e. The molecule has 0 atom stereocenters. The molecular weight excluding hydrogens is 299 g/mol. The summed E-state index contributed by atoms with van der Waals surface area (Å²) in [5.74, 6) is 6.60. The summed E-state index contributed by atoms with van der Waals surface area (Å²) in [6.45, 7) is 2.20. The van der Waals surface area contributed by atoms with E-state index in [1.54, 1.807) is 12.1 Å². The molecule has 0 heterocycles. The van der Waals surface area contributed by atoms with E-state index in [4.69, 9.17) is 0 Å². The molecule has 0 amide bonds. The summed E-state index contributed by atoms with van der Waals surface area (Å²) in [7, 11) is 0. The first-order valence-electron chi connectivity index (χ1n) is 8.22. The average molecular weight is 318 g/mol. The molecule has 0 aromatic heterocycles. The van der Waals surface area contributed by atoms with Gasteiger partial charge in [-0.2, -0.15) is 0 Å². The lowest BCUT2D eigenvalue weighted by Crippen LogP contribution is -1.84. The first-order chi connectivity index (χ1) is 11.8. The monoisotopic (exact) mass is 318 g/mol. The number of hydrogen-bond donors (Lipinski definition) is 0. The van der Waals surface area contributed by atoms with Crippen LogP contribution in [0.2, 0.25) is 0 Å². The molecule has 0 bridgehead atoms. The predicted molar refractivity (Wildman–Crippen MR) is 96.7 cm³/mol. The topological polar surface area (TPSA) is 9.23 Å². The van der Waals surface area contributed by atoms with Crippen LogP contribution in [0, 0.1) is 11.8 Å². The van der Waals surface area contributed by atoms with Crippen molar-refractivity contribution in [1.29, 1.82) is 0 Å². The molecule has 3 rings (SSSR count). The van der Waals surface area contributed by atoms with Gasteiger partial charge in [0, 0.05) is 15.7 Å². The average Bonchev–Trinajstić information content (AvgIpc) is 2.65. The van der Waals surface area contributed by atoms with Gasteiger partial charge in [-0.05, 0) is 65.6 Å². The normalized spacial score (nSPS) is 10.2. The molecule has 24 heavy (non-hydrogen) atoms. The first kappa shape index (κ1) is 16.1. The van der Waals surface area contributed by atoms with E-state index >= 15 is 0 Å². The van der Waals surface area contributed by atoms with Gasteiger partial charge in [0.15, 0.2) is 5.75 Å². The number of benzene rings is 3. The number of unbranched alkanes of at least 4 members (excludes halogenated alkanes) is 1. The van der Waals surface area contributed by atoms with Gasteiger partial charge in [-0.3, -0.25) is 4.94 Å². The smallest absolute Gasteiger partial charge is 0.172 e. The number of rotatable bonds is 4. The molecule has 2 heteroatoms. The van der Waals surface area contributed by atoms with E-state index in [9.17, 15) is 4.53 Å². The van der Waals surface area contributed by atoms with Crippen LogP contribution in [-0.4, -0.2) is 0 Å². The Hall–Kier alpha value is -2.79. The van der Waals surface area contributed by atoms with E-state index in [0.717, 1.165) is 28.3 Å². The molecule has 0 saturated heterocycles. The maximum atomic E-state index is 12.2. The van der Waals surface area contributed by atoms with Crippen LogP contribution >= 0.6 is 0 Å². The Morgan fingerprint density at radius 2 is 1.50 bits per heavy atom. The molecule has 0 spiro atoms. The van der Waals surface area contributed by atoms with Crippen LogP contribution in [0.5, 0.6) is 5.75 Å². The largest absolute Gasteiger partial charge is 0.294 e. The molecule has 0 aliphatic heterocycles. The first-order valence-corrected chi connectivity index (χ1v) is 8.22. The molecule has 3 aromatic rings. The van der Waals surface area contributed by atoms with Gasteiger partial charge in [0.05, 0.1) is 0 Å². The van der Waals surface area contributed by atoms with Crippen molar-refractivity contribution in [3.63, 3.8) is 0 Å². The van der Waals surface area contributed by atoms with E-state index in [0.29, 0.717) is 0 Å². The van der Waals surface area contributed by atoms with E-state index in [2.05, 4.69) is 48.0 Å². The van der Waals surface area contributed by atoms with Gasteiger partial charge in [-0.15, -0.1) is 0 Å². The highest BCUT2D eigenvalue weighted by molar-refractivity contribution is 5.85. The Labute approximate surface area is 142 Å². The third kappa shape index (κ3) is 3.94. The molecule has 0 saturated carbocycles. The quantitative estimate of drug-likeness (QED) is 0.549. The van der Waals surface area contributed by atoms with Crippen LogP contribution < -0.4 is 4.94 Å². The lowest BCUT2D eigenvalue weighted by molar-refractivity contribution is -0.00603. The lowest BCUT2D eigenvalue weighted by atomic mass is 10.1. The molecule has 1 nitrogen and oxygen atoms in total. The zero-order chi connectivity index (χ0) is 16.8. The van der Waals surface area contributed by atoms with Crippen LogP contribution in [-0.2, 0) is 6.42 Å². The van der Waals surface area contributed by atoms with Crippen molar-refractivity contribution >= 4 is 10.8 Å². The Bertz CT molecular complexity index is 885. The fourth-order valence-corrected chi connectivity index (χ4v) is 2.63. The van der Waals surface area contributed by atoms with Crippen molar-refractivity contribution in [3.8, 4) is 17.6 Å². The van der Waals surface area contributed by atoms with E-state index < -0.39 is 0 Å². The Kier molecular flexibility index (Phi) is 5.13. The highest BCUT2D eigenvalue weighted by atomic mass is 19.3. The molecule has 0 radical (unpaired) electrons. The third-order valence-electron chi connectivity index (χ3n) is 4.02. The highest BCUT2D eigenvalue weighted by Gasteiger charge is 1.99. The Morgan fingerprint density at radius 1 is 0.833 bits per heavy atom. The summed E-state index contributed by atoms with van der Waals surface area (Å²) >= 11 is 0. The second kappa shape index (κ2) is 7.66. The summed E-state index contributed by atoms with van der Waals surface area (Å²) < 4.78 is 12.2. The van der Waals surface area contributed by atoms with Crippen molar-refractivity contribution in [2.75, 3.05) is 0 Å². The summed E-state index contributed by atoms with van der Waals surface area (Å²) in [5, 5.41) is 1.94. The van der Waals surface area contributed by atoms with Crippen LogP contribution in [0.1, 0.15) is 36.5 Å². The third-order valence-corrected chi connectivity index (χ3v) is 4.02. The molecule has 0 fully saturated rings. The van der Waals surface area contributed by atoms with E-state index in [1.807, 2.05) is 24.3 Å². The number of fused-ring (bicyclic) bond motifs is 1. The fourth-order valence-electron chi connectivity index (χ4n) is 2.63. The van der Waals surface area contributed by atoms with Gasteiger partial charge in [0.1, 0.15) is 0 Å². The van der Waals surface area contributed by atoms with Gasteiger partial charge in [-0.1, -0.05) is 49.5 Å². The molecule has 0 aliphatic carbocycles. The summed E-state index contributed by atoms with van der Waals surface area (Å²) in [6.07, 6.45) is 3.55. The number of hydrogen-bond acceptors (Lipinski definition) is 1. The molecule has 0 aliphatic rings. The fraction of sp³-hybridized carbons (Fsp3) is 0.182. The molecule has 120 valence electrons. The minimum atomic E-state index is 0.212. The number of aryl methyl sites for hydroxylation is 1. The maximum Gasteiger partial charge on any atom is 0.172 e. The number of halogens is 1. The van der Waals surface area contributed by atoms with Crippen molar-refractivity contribution in [2.24, 2.45) is 0 Å². The second-order valence-corrected chi connectivity index (χ2v) is 5.85. The lowest BCUT2D eigenvalue weighted by Gasteiger charge is -2.00. The minimum absolute atomic E-state index is 0.212. The van der Waals surface area contributed by atoms with Crippen molar-refractivity contribution in [3.05, 3.63) is 77.4 Å². The SMILES string of the molecule is CCCCc1ccc(C#Cc2ccc3cc(OF)ccc3c2)cc1. The second-order valence-electron chi connectivity index (χ2n) is 5.85. The van der Waals surface area contributed by atoms with Gasteiger partial charge in [0.2, 0.25) is 0 Å². The zero-order valence-corrected chi connectivity index (χ0v) is 13.7. The molecule has 0 unspecified atom stereocenters. The molecule has 0 N–H and O–H groups in total. The van der Waals surface area contributed by atoms with Crippen molar-refractivity contribution < 1.29 is 9.47 Å². The van der Waals surface area contributed by atoms with Gasteiger partial charge in [0.25, 0.3) is 0 Å². The van der Waals surface area contributed by atoms with Crippen LogP contribution in [0.3, 0.4) is 0 Å². The maximum absolute atomic E-state index is 12.2.